The predicted octanol–water partition coefficient (Wildman–Crippen LogP) is 5.68. The molecule has 4 aromatic rings. The number of fused-ring (bicyclic) bond motifs is 1. The summed E-state index contributed by atoms with van der Waals surface area (Å²) in [6.07, 6.45) is 5.99. The second-order valence-electron chi connectivity index (χ2n) is 12.0. The van der Waals surface area contributed by atoms with E-state index in [1.165, 1.54) is 18.4 Å². The molecule has 214 valence electrons. The summed E-state index contributed by atoms with van der Waals surface area (Å²) in [6, 6.07) is 14.9. The largest absolute Gasteiger partial charge is 0.341 e. The molecule has 2 atom stereocenters. The second kappa shape index (κ2) is 10.2. The highest BCUT2D eigenvalue weighted by Crippen LogP contribution is 2.43. The Hall–Kier alpha value is -4.40. The summed E-state index contributed by atoms with van der Waals surface area (Å²) in [7, 11) is 0. The summed E-state index contributed by atoms with van der Waals surface area (Å²) < 4.78 is 14.8. The predicted molar refractivity (Wildman–Crippen MR) is 158 cm³/mol. The van der Waals surface area contributed by atoms with Gasteiger partial charge in [0.1, 0.15) is 6.04 Å². The number of hydrogen-bond donors (Lipinski definition) is 3. The zero-order valence-corrected chi connectivity index (χ0v) is 23.7. The number of H-pyrrole nitrogens is 1. The average molecular weight is 565 g/mol. The molecule has 0 saturated heterocycles. The Balaban J connectivity index is 1.17. The van der Waals surface area contributed by atoms with E-state index in [0.29, 0.717) is 18.0 Å². The fraction of sp³-hybridized carbons (Fsp3) is 0.364. The van der Waals surface area contributed by atoms with Crippen LogP contribution in [0.1, 0.15) is 72.0 Å². The van der Waals surface area contributed by atoms with Crippen molar-refractivity contribution < 1.29 is 14.0 Å². The van der Waals surface area contributed by atoms with Gasteiger partial charge in [0, 0.05) is 28.4 Å². The number of nitrogens with one attached hydrogen (secondary N) is 3. The number of carbonyl (C=O) groups is 2. The standard InChI is InChI=1S/C33H33FN6O2/c1-18-29(19(2)39-38-18)22-7-10-25(11-8-22)36-31(41)30(37-32(42)33(34)13-14-33)26-12-9-21-5-6-23(15-27(21)26)28-16-24(17-35-40-28)20-3-4-20/h5-8,10-11,15-17,20,26,30H,3-4,9,12-14H2,1-2H3,(H,36,41)(H,37,42)(H,38,39)/t26-,30?/m1/s1. The van der Waals surface area contributed by atoms with Crippen LogP contribution in [-0.4, -0.2) is 43.9 Å². The molecule has 2 heterocycles. The molecule has 9 heteroatoms. The number of carbonyl (C=O) groups excluding carboxylic acids is 2. The summed E-state index contributed by atoms with van der Waals surface area (Å²) in [6.45, 7) is 3.91. The molecule has 0 spiro atoms. The molecule has 3 N–H and O–H groups in total. The van der Waals surface area contributed by atoms with Crippen LogP contribution in [0.5, 0.6) is 0 Å². The summed E-state index contributed by atoms with van der Waals surface area (Å²) in [5.74, 6) is -0.824. The van der Waals surface area contributed by atoms with Crippen LogP contribution in [0.4, 0.5) is 10.1 Å². The van der Waals surface area contributed by atoms with E-state index in [1.54, 1.807) is 0 Å². The molecule has 0 radical (unpaired) electrons. The van der Waals surface area contributed by atoms with Gasteiger partial charge in [0.05, 0.1) is 17.6 Å². The van der Waals surface area contributed by atoms with Gasteiger partial charge in [0.15, 0.2) is 5.67 Å². The Kier molecular flexibility index (Phi) is 6.40. The van der Waals surface area contributed by atoms with Crippen LogP contribution in [-0.2, 0) is 16.0 Å². The Labute approximate surface area is 243 Å². The van der Waals surface area contributed by atoms with Crippen molar-refractivity contribution in [1.29, 1.82) is 0 Å². The third kappa shape index (κ3) is 4.97. The van der Waals surface area contributed by atoms with Gasteiger partial charge < -0.3 is 10.6 Å². The molecule has 2 amide bonds. The Morgan fingerprint density at radius 2 is 1.79 bits per heavy atom. The fourth-order valence-electron chi connectivity index (χ4n) is 6.18. The van der Waals surface area contributed by atoms with Gasteiger partial charge in [-0.15, -0.1) is 0 Å². The van der Waals surface area contributed by atoms with Crippen LogP contribution in [0.25, 0.3) is 22.4 Å². The van der Waals surface area contributed by atoms with Crippen LogP contribution in [0.2, 0.25) is 0 Å². The van der Waals surface area contributed by atoms with E-state index in [4.69, 9.17) is 0 Å². The molecular formula is C33H33FN6O2. The molecule has 42 heavy (non-hydrogen) atoms. The maximum Gasteiger partial charge on any atom is 0.258 e. The number of aromatic amines is 1. The molecule has 1 unspecified atom stereocenters. The molecular weight excluding hydrogens is 531 g/mol. The average Bonchev–Trinajstić information content (AvgIpc) is 3.92. The van der Waals surface area contributed by atoms with Crippen molar-refractivity contribution in [2.75, 3.05) is 5.32 Å². The molecule has 7 rings (SSSR count). The summed E-state index contributed by atoms with van der Waals surface area (Å²) in [5, 5.41) is 21.7. The van der Waals surface area contributed by atoms with Gasteiger partial charge in [-0.05, 0) is 105 Å². The topological polar surface area (TPSA) is 113 Å². The van der Waals surface area contributed by atoms with Crippen molar-refractivity contribution in [3.63, 3.8) is 0 Å². The summed E-state index contributed by atoms with van der Waals surface area (Å²) in [4.78, 5) is 26.7. The first-order valence-electron chi connectivity index (χ1n) is 14.7. The Morgan fingerprint density at radius 3 is 2.48 bits per heavy atom. The Morgan fingerprint density at radius 1 is 1.02 bits per heavy atom. The van der Waals surface area contributed by atoms with Crippen molar-refractivity contribution in [1.82, 2.24) is 25.7 Å². The van der Waals surface area contributed by atoms with Gasteiger partial charge in [-0.3, -0.25) is 14.7 Å². The smallest absolute Gasteiger partial charge is 0.258 e. The third-order valence-corrected chi connectivity index (χ3v) is 8.93. The van der Waals surface area contributed by atoms with Crippen molar-refractivity contribution in [2.45, 2.75) is 75.9 Å². The molecule has 2 aromatic carbocycles. The molecule has 3 aliphatic rings. The first-order valence-corrected chi connectivity index (χ1v) is 14.7. The van der Waals surface area contributed by atoms with E-state index < -0.39 is 17.6 Å². The quantitative estimate of drug-likeness (QED) is 0.255. The van der Waals surface area contributed by atoms with Crippen molar-refractivity contribution in [2.24, 2.45) is 0 Å². The highest BCUT2D eigenvalue weighted by atomic mass is 19.1. The lowest BCUT2D eigenvalue weighted by Crippen LogP contribution is -2.50. The van der Waals surface area contributed by atoms with E-state index >= 15 is 0 Å². The molecule has 3 aliphatic carbocycles. The number of benzene rings is 2. The fourth-order valence-corrected chi connectivity index (χ4v) is 6.18. The maximum atomic E-state index is 14.8. The van der Waals surface area contributed by atoms with E-state index in [9.17, 15) is 14.0 Å². The highest BCUT2D eigenvalue weighted by Gasteiger charge is 2.52. The number of aromatic nitrogens is 4. The van der Waals surface area contributed by atoms with Crippen molar-refractivity contribution >= 4 is 17.5 Å². The number of aryl methyl sites for hydroxylation is 3. The van der Waals surface area contributed by atoms with Gasteiger partial charge in [-0.2, -0.15) is 15.3 Å². The van der Waals surface area contributed by atoms with E-state index in [2.05, 4.69) is 49.2 Å². The van der Waals surface area contributed by atoms with Crippen molar-refractivity contribution in [3.8, 4) is 22.4 Å². The Bertz CT molecular complexity index is 1670. The summed E-state index contributed by atoms with van der Waals surface area (Å²) in [5.41, 5.74) is 7.62. The SMILES string of the molecule is Cc1n[nH]c(C)c1-c1ccc(NC(=O)C(NC(=O)C2(F)CC2)[C@@H]2CCc3ccc(-c4cc(C5CC5)cnn4)cc32)cc1. The minimum absolute atomic E-state index is 0.183. The number of nitrogens with zero attached hydrogens (tertiary/aromatic N) is 3. The van der Waals surface area contributed by atoms with E-state index in [0.717, 1.165) is 51.3 Å². The maximum absolute atomic E-state index is 14.8. The highest BCUT2D eigenvalue weighted by molar-refractivity contribution is 6.00. The van der Waals surface area contributed by atoms with Gasteiger partial charge in [0.25, 0.3) is 5.91 Å². The van der Waals surface area contributed by atoms with Crippen molar-refractivity contribution in [3.05, 3.63) is 82.8 Å². The van der Waals surface area contributed by atoms with Gasteiger partial charge in [-0.1, -0.05) is 24.3 Å². The lowest BCUT2D eigenvalue weighted by Gasteiger charge is -2.26. The molecule has 2 aromatic heterocycles. The number of anilines is 1. The number of amides is 2. The van der Waals surface area contributed by atoms with Crippen LogP contribution < -0.4 is 10.6 Å². The first kappa shape index (κ1) is 26.5. The lowest BCUT2D eigenvalue weighted by molar-refractivity contribution is -0.131. The van der Waals surface area contributed by atoms with Crippen LogP contribution >= 0.6 is 0 Å². The van der Waals surface area contributed by atoms with Gasteiger partial charge in [-0.25, -0.2) is 4.39 Å². The molecule has 2 fully saturated rings. The van der Waals surface area contributed by atoms with Gasteiger partial charge in [0.2, 0.25) is 5.91 Å². The third-order valence-electron chi connectivity index (χ3n) is 8.93. The lowest BCUT2D eigenvalue weighted by atomic mass is 9.90. The van der Waals surface area contributed by atoms with Crippen LogP contribution in [0, 0.1) is 13.8 Å². The minimum atomic E-state index is -1.89. The first-order chi connectivity index (χ1) is 20.3. The molecule has 0 bridgehead atoms. The number of rotatable bonds is 8. The molecule has 8 nitrogen and oxygen atoms in total. The molecule has 2 saturated carbocycles. The van der Waals surface area contributed by atoms with Gasteiger partial charge >= 0.3 is 0 Å². The van der Waals surface area contributed by atoms with Crippen LogP contribution in [0.15, 0.2) is 54.7 Å². The van der Waals surface area contributed by atoms with E-state index in [-0.39, 0.29) is 24.7 Å². The normalized spacial score (nSPS) is 19.2. The zero-order chi connectivity index (χ0) is 29.0. The van der Waals surface area contributed by atoms with E-state index in [1.807, 2.05) is 50.4 Å². The van der Waals surface area contributed by atoms with Crippen LogP contribution in [0.3, 0.4) is 0 Å². The minimum Gasteiger partial charge on any atom is -0.341 e. The molecule has 0 aliphatic heterocycles. The number of hydrogen-bond acceptors (Lipinski definition) is 5. The number of halogens is 1. The number of alkyl halides is 1. The summed E-state index contributed by atoms with van der Waals surface area (Å²) >= 11 is 0. The monoisotopic (exact) mass is 564 g/mol. The zero-order valence-electron chi connectivity index (χ0n) is 23.7. The second-order valence-corrected chi connectivity index (χ2v) is 12.0.